The Morgan fingerprint density at radius 2 is 1.36 bits per heavy atom. The molecule has 0 fully saturated rings. The SMILES string of the molecule is CCC(C)C(NC(=O)C(CC(=O)O)NC(=O)C(N)CC(C)C)C(=O)NC(CC(N)=O)C(=O)O. The van der Waals surface area contributed by atoms with Crippen LogP contribution in [-0.4, -0.2) is 69.9 Å². The molecule has 188 valence electrons. The number of carboxylic acid groups (broad SMARTS) is 2. The van der Waals surface area contributed by atoms with Gasteiger partial charge in [-0.25, -0.2) is 4.79 Å². The standard InChI is InChI=1S/C20H35N5O8/c1-5-10(4)16(19(31)24-13(20(32)33)7-14(22)26)25-18(30)12(8-15(27)28)23-17(29)11(21)6-9(2)3/h9-13,16H,5-8,21H2,1-4H3,(H2,22,26)(H,23,29)(H,24,31)(H,25,30)(H,27,28)(H,32,33). The number of carbonyl (C=O) groups excluding carboxylic acids is 4. The van der Waals surface area contributed by atoms with Gasteiger partial charge < -0.3 is 37.6 Å². The van der Waals surface area contributed by atoms with Crippen molar-refractivity contribution in [3.8, 4) is 0 Å². The van der Waals surface area contributed by atoms with Gasteiger partial charge in [0, 0.05) is 0 Å². The molecule has 0 aliphatic heterocycles. The van der Waals surface area contributed by atoms with Gasteiger partial charge in [0.25, 0.3) is 0 Å². The van der Waals surface area contributed by atoms with Gasteiger partial charge in [-0.15, -0.1) is 0 Å². The van der Waals surface area contributed by atoms with Gasteiger partial charge in [-0.3, -0.25) is 24.0 Å². The summed E-state index contributed by atoms with van der Waals surface area (Å²) in [6.07, 6.45) is -0.726. The number of rotatable bonds is 15. The molecule has 0 rings (SSSR count). The van der Waals surface area contributed by atoms with E-state index in [1.165, 1.54) is 0 Å². The molecule has 5 unspecified atom stereocenters. The van der Waals surface area contributed by atoms with E-state index in [9.17, 15) is 33.9 Å². The Kier molecular flexibility index (Phi) is 12.7. The fourth-order valence-electron chi connectivity index (χ4n) is 2.90. The Bertz CT molecular complexity index is 742. The summed E-state index contributed by atoms with van der Waals surface area (Å²) in [5, 5.41) is 25.2. The molecule has 4 amide bonds. The monoisotopic (exact) mass is 473 g/mol. The van der Waals surface area contributed by atoms with E-state index in [1.807, 2.05) is 13.8 Å². The van der Waals surface area contributed by atoms with E-state index in [-0.39, 0.29) is 5.92 Å². The maximum absolute atomic E-state index is 12.8. The lowest BCUT2D eigenvalue weighted by Gasteiger charge is -2.27. The summed E-state index contributed by atoms with van der Waals surface area (Å²) in [6, 6.07) is -5.36. The molecule has 5 atom stereocenters. The van der Waals surface area contributed by atoms with Crippen molar-refractivity contribution in [2.24, 2.45) is 23.3 Å². The molecule has 0 spiro atoms. The molecule has 0 heterocycles. The van der Waals surface area contributed by atoms with E-state index in [2.05, 4.69) is 16.0 Å². The summed E-state index contributed by atoms with van der Waals surface area (Å²) in [5.41, 5.74) is 10.8. The van der Waals surface area contributed by atoms with Gasteiger partial charge in [0.15, 0.2) is 0 Å². The van der Waals surface area contributed by atoms with Crippen molar-refractivity contribution < 1.29 is 39.0 Å². The molecule has 9 N–H and O–H groups in total. The van der Waals surface area contributed by atoms with E-state index in [0.717, 1.165) is 0 Å². The van der Waals surface area contributed by atoms with E-state index >= 15 is 0 Å². The molecule has 33 heavy (non-hydrogen) atoms. The molecule has 0 saturated carbocycles. The van der Waals surface area contributed by atoms with Crippen LogP contribution in [0.1, 0.15) is 53.4 Å². The zero-order valence-corrected chi connectivity index (χ0v) is 19.3. The summed E-state index contributed by atoms with van der Waals surface area (Å²) >= 11 is 0. The average Bonchev–Trinajstić information content (AvgIpc) is 2.68. The molecule has 0 aromatic carbocycles. The molecular weight excluding hydrogens is 438 g/mol. The normalized spacial score (nSPS) is 15.5. The van der Waals surface area contributed by atoms with Crippen LogP contribution in [0.5, 0.6) is 0 Å². The summed E-state index contributed by atoms with van der Waals surface area (Å²) < 4.78 is 0. The van der Waals surface area contributed by atoms with Crippen molar-refractivity contribution in [2.75, 3.05) is 0 Å². The first-order valence-electron chi connectivity index (χ1n) is 10.6. The van der Waals surface area contributed by atoms with Crippen molar-refractivity contribution in [1.82, 2.24) is 16.0 Å². The second kappa shape index (κ2) is 14.0. The van der Waals surface area contributed by atoms with E-state index < -0.39 is 78.5 Å². The van der Waals surface area contributed by atoms with Crippen LogP contribution in [0.3, 0.4) is 0 Å². The number of aliphatic carboxylic acids is 2. The number of amides is 4. The van der Waals surface area contributed by atoms with Crippen LogP contribution < -0.4 is 27.4 Å². The van der Waals surface area contributed by atoms with Crippen molar-refractivity contribution in [3.63, 3.8) is 0 Å². The van der Waals surface area contributed by atoms with Crippen LogP contribution in [0.4, 0.5) is 0 Å². The number of hydrogen-bond donors (Lipinski definition) is 7. The maximum Gasteiger partial charge on any atom is 0.326 e. The van der Waals surface area contributed by atoms with Crippen LogP contribution in [0, 0.1) is 11.8 Å². The van der Waals surface area contributed by atoms with Gasteiger partial charge in [0.05, 0.1) is 18.9 Å². The molecule has 13 nitrogen and oxygen atoms in total. The minimum atomic E-state index is -1.61. The lowest BCUT2D eigenvalue weighted by atomic mass is 9.97. The third-order valence-electron chi connectivity index (χ3n) is 4.89. The predicted octanol–water partition coefficient (Wildman–Crippen LogP) is -1.70. The van der Waals surface area contributed by atoms with Crippen molar-refractivity contribution >= 4 is 35.6 Å². The van der Waals surface area contributed by atoms with Crippen molar-refractivity contribution in [1.29, 1.82) is 0 Å². The van der Waals surface area contributed by atoms with Gasteiger partial charge in [0.1, 0.15) is 18.1 Å². The first-order valence-corrected chi connectivity index (χ1v) is 10.6. The first-order chi connectivity index (χ1) is 15.2. The first kappa shape index (κ1) is 29.8. The highest BCUT2D eigenvalue weighted by atomic mass is 16.4. The van der Waals surface area contributed by atoms with Crippen LogP contribution in [0.25, 0.3) is 0 Å². The highest BCUT2D eigenvalue weighted by molar-refractivity contribution is 5.96. The molecule has 0 bridgehead atoms. The highest BCUT2D eigenvalue weighted by Crippen LogP contribution is 2.10. The van der Waals surface area contributed by atoms with Gasteiger partial charge in [-0.2, -0.15) is 0 Å². The smallest absolute Gasteiger partial charge is 0.326 e. The van der Waals surface area contributed by atoms with Crippen molar-refractivity contribution in [2.45, 2.75) is 77.5 Å². The lowest BCUT2D eigenvalue weighted by molar-refractivity contribution is -0.144. The van der Waals surface area contributed by atoms with E-state index in [4.69, 9.17) is 16.6 Å². The van der Waals surface area contributed by atoms with Crippen LogP contribution in [0.2, 0.25) is 0 Å². The molecule has 0 aliphatic carbocycles. The maximum atomic E-state index is 12.8. The van der Waals surface area contributed by atoms with E-state index in [1.54, 1.807) is 13.8 Å². The molecule has 0 saturated heterocycles. The number of primary amides is 1. The number of carbonyl (C=O) groups is 6. The fourth-order valence-corrected chi connectivity index (χ4v) is 2.90. The Balaban J connectivity index is 5.59. The third kappa shape index (κ3) is 11.3. The number of nitrogens with one attached hydrogen (secondary N) is 3. The Labute approximate surface area is 192 Å². The zero-order chi connectivity index (χ0) is 25.9. The van der Waals surface area contributed by atoms with Crippen LogP contribution in [0.15, 0.2) is 0 Å². The minimum absolute atomic E-state index is 0.0820. The van der Waals surface area contributed by atoms with Crippen molar-refractivity contribution in [3.05, 3.63) is 0 Å². The van der Waals surface area contributed by atoms with Gasteiger partial charge in [0.2, 0.25) is 23.6 Å². The Morgan fingerprint density at radius 1 is 0.818 bits per heavy atom. The predicted molar refractivity (Wildman–Crippen MR) is 116 cm³/mol. The largest absolute Gasteiger partial charge is 0.481 e. The molecule has 0 aromatic heterocycles. The lowest BCUT2D eigenvalue weighted by Crippen LogP contribution is -2.59. The van der Waals surface area contributed by atoms with Gasteiger partial charge in [-0.05, 0) is 18.3 Å². The van der Waals surface area contributed by atoms with Crippen LogP contribution in [-0.2, 0) is 28.8 Å². The fraction of sp³-hybridized carbons (Fsp3) is 0.700. The number of hydrogen-bond acceptors (Lipinski definition) is 7. The minimum Gasteiger partial charge on any atom is -0.481 e. The van der Waals surface area contributed by atoms with E-state index in [0.29, 0.717) is 12.8 Å². The Hall–Kier alpha value is -3.22. The highest BCUT2D eigenvalue weighted by Gasteiger charge is 2.34. The van der Waals surface area contributed by atoms with Gasteiger partial charge >= 0.3 is 11.9 Å². The molecule has 0 aromatic rings. The quantitative estimate of drug-likeness (QED) is 0.143. The molecular formula is C20H35N5O8. The van der Waals surface area contributed by atoms with Gasteiger partial charge in [-0.1, -0.05) is 34.1 Å². The summed E-state index contributed by atoms with van der Waals surface area (Å²) in [4.78, 5) is 71.4. The molecule has 0 radical (unpaired) electrons. The number of nitrogens with two attached hydrogens (primary N) is 2. The topological polar surface area (TPSA) is 231 Å². The molecule has 13 heteroatoms. The zero-order valence-electron chi connectivity index (χ0n) is 19.3. The summed E-state index contributed by atoms with van der Waals surface area (Å²) in [6.45, 7) is 7.01. The summed E-state index contributed by atoms with van der Waals surface area (Å²) in [5.74, 6) is -6.81. The summed E-state index contributed by atoms with van der Waals surface area (Å²) in [7, 11) is 0. The molecule has 0 aliphatic rings. The average molecular weight is 474 g/mol. The second-order valence-corrected chi connectivity index (χ2v) is 8.34. The third-order valence-corrected chi connectivity index (χ3v) is 4.89. The second-order valence-electron chi connectivity index (χ2n) is 8.34. The van der Waals surface area contributed by atoms with Crippen LogP contribution >= 0.6 is 0 Å². The Morgan fingerprint density at radius 3 is 1.79 bits per heavy atom. The number of carboxylic acids is 2.